The van der Waals surface area contributed by atoms with Crippen LogP contribution in [0.3, 0.4) is 0 Å². The first-order valence-electron chi connectivity index (χ1n) is 5.39. The lowest BCUT2D eigenvalue weighted by Gasteiger charge is -2.25. The average molecular weight is 376 g/mol. The number of nitrogens with zero attached hydrogens (tertiary/aromatic N) is 1. The van der Waals surface area contributed by atoms with Gasteiger partial charge in [-0.15, -0.1) is 23.7 Å². The summed E-state index contributed by atoms with van der Waals surface area (Å²) in [5, 5.41) is 1.76. The zero-order valence-electron chi connectivity index (χ0n) is 9.87. The number of likely N-dealkylation sites (N-methyl/N-ethyl adjacent to an activating group) is 1. The van der Waals surface area contributed by atoms with E-state index in [0.717, 1.165) is 12.8 Å². The number of sulfonamides is 1. The van der Waals surface area contributed by atoms with Crippen LogP contribution < -0.4 is 5.73 Å². The fourth-order valence-corrected chi connectivity index (χ4v) is 5.80. The highest BCUT2D eigenvalue weighted by molar-refractivity contribution is 9.10. The summed E-state index contributed by atoms with van der Waals surface area (Å²) in [4.78, 5) is 0. The Kier molecular flexibility index (Phi) is 5.64. The summed E-state index contributed by atoms with van der Waals surface area (Å²) < 4.78 is 27.2. The highest BCUT2D eigenvalue weighted by Gasteiger charge is 2.39. The Hall–Kier alpha value is 0.340. The quantitative estimate of drug-likeness (QED) is 0.859. The molecule has 1 aliphatic rings. The van der Waals surface area contributed by atoms with Crippen molar-refractivity contribution in [3.8, 4) is 0 Å². The minimum Gasteiger partial charge on any atom is -0.329 e. The lowest BCUT2D eigenvalue weighted by Crippen LogP contribution is -2.43. The summed E-state index contributed by atoms with van der Waals surface area (Å²) in [7, 11) is -1.80. The van der Waals surface area contributed by atoms with Gasteiger partial charge in [-0.05, 0) is 46.1 Å². The molecule has 1 fully saturated rings. The van der Waals surface area contributed by atoms with Crippen LogP contribution >= 0.6 is 39.7 Å². The Morgan fingerprint density at radius 1 is 1.61 bits per heavy atom. The summed E-state index contributed by atoms with van der Waals surface area (Å²) in [6.07, 6.45) is 2.15. The van der Waals surface area contributed by atoms with Gasteiger partial charge < -0.3 is 5.73 Å². The zero-order chi connectivity index (χ0) is 12.6. The molecular weight excluding hydrogens is 360 g/mol. The van der Waals surface area contributed by atoms with Gasteiger partial charge in [-0.1, -0.05) is 0 Å². The van der Waals surface area contributed by atoms with Crippen molar-refractivity contribution in [2.45, 2.75) is 23.1 Å². The average Bonchev–Trinajstić information content (AvgIpc) is 3.01. The molecule has 1 heterocycles. The van der Waals surface area contributed by atoms with Gasteiger partial charge in [-0.2, -0.15) is 4.31 Å². The van der Waals surface area contributed by atoms with Crippen LogP contribution in [0.4, 0.5) is 0 Å². The number of hydrogen-bond donors (Lipinski definition) is 1. The maximum absolute atomic E-state index is 12.4. The topological polar surface area (TPSA) is 63.4 Å². The van der Waals surface area contributed by atoms with Gasteiger partial charge in [-0.3, -0.25) is 0 Å². The minimum atomic E-state index is -3.42. The third-order valence-electron chi connectivity index (χ3n) is 3.07. The van der Waals surface area contributed by atoms with Crippen molar-refractivity contribution < 1.29 is 8.42 Å². The summed E-state index contributed by atoms with van der Waals surface area (Å²) in [5.74, 6) is 0.429. The fourth-order valence-electron chi connectivity index (χ4n) is 1.89. The van der Waals surface area contributed by atoms with E-state index in [2.05, 4.69) is 15.9 Å². The van der Waals surface area contributed by atoms with Crippen LogP contribution in [0.25, 0.3) is 0 Å². The molecule has 18 heavy (non-hydrogen) atoms. The van der Waals surface area contributed by atoms with E-state index >= 15 is 0 Å². The molecule has 1 saturated carbocycles. The third kappa shape index (κ3) is 3.08. The second-order valence-electron chi connectivity index (χ2n) is 4.22. The van der Waals surface area contributed by atoms with Crippen molar-refractivity contribution in [2.75, 3.05) is 13.6 Å². The van der Waals surface area contributed by atoms with Crippen LogP contribution in [0.15, 0.2) is 20.1 Å². The Labute approximate surface area is 126 Å². The van der Waals surface area contributed by atoms with Gasteiger partial charge in [0.2, 0.25) is 0 Å². The largest absolute Gasteiger partial charge is 0.329 e. The monoisotopic (exact) mass is 374 g/mol. The van der Waals surface area contributed by atoms with E-state index in [-0.39, 0.29) is 18.4 Å². The predicted octanol–water partition coefficient (Wildman–Crippen LogP) is 2.29. The predicted molar refractivity (Wildman–Crippen MR) is 79.8 cm³/mol. The first kappa shape index (κ1) is 16.4. The van der Waals surface area contributed by atoms with E-state index in [1.807, 2.05) is 0 Å². The number of nitrogens with two attached hydrogens (primary N) is 1. The second-order valence-corrected chi connectivity index (χ2v) is 8.18. The van der Waals surface area contributed by atoms with Crippen LogP contribution in [-0.4, -0.2) is 32.4 Å². The molecule has 0 spiro atoms. The lowest BCUT2D eigenvalue weighted by molar-refractivity contribution is 0.341. The van der Waals surface area contributed by atoms with Crippen molar-refractivity contribution in [3.05, 3.63) is 15.9 Å². The normalized spacial score (nSPS) is 17.6. The molecule has 0 saturated heterocycles. The molecule has 1 aromatic heterocycles. The molecule has 0 bridgehead atoms. The van der Waals surface area contributed by atoms with Gasteiger partial charge in [-0.25, -0.2) is 8.42 Å². The van der Waals surface area contributed by atoms with E-state index in [1.54, 1.807) is 18.5 Å². The van der Waals surface area contributed by atoms with E-state index in [4.69, 9.17) is 5.73 Å². The second kappa shape index (κ2) is 6.19. The minimum absolute atomic E-state index is 0. The maximum Gasteiger partial charge on any atom is 0.253 e. The van der Waals surface area contributed by atoms with Gasteiger partial charge in [0.15, 0.2) is 0 Å². The summed E-state index contributed by atoms with van der Waals surface area (Å²) >= 11 is 4.49. The molecule has 104 valence electrons. The molecule has 2 rings (SSSR count). The summed E-state index contributed by atoms with van der Waals surface area (Å²) in [5.41, 5.74) is 5.69. The molecule has 0 radical (unpaired) electrons. The van der Waals surface area contributed by atoms with Crippen LogP contribution in [0, 0.1) is 5.92 Å². The first-order chi connectivity index (χ1) is 7.98. The summed E-state index contributed by atoms with van der Waals surface area (Å²) in [6.45, 7) is 0.378. The lowest BCUT2D eigenvalue weighted by atomic mass is 10.2. The Morgan fingerprint density at radius 2 is 2.22 bits per heavy atom. The van der Waals surface area contributed by atoms with E-state index in [0.29, 0.717) is 21.1 Å². The Balaban J connectivity index is 0.00000162. The molecule has 0 aliphatic heterocycles. The van der Waals surface area contributed by atoms with E-state index in [1.165, 1.54) is 15.6 Å². The standard InChI is InChI=1S/C10H15BrN2O2S2.ClH/c1-13(9(6-12)7-2-3-7)17(14,15)10-8(11)4-5-16-10;/h4-5,7,9H,2-3,6,12H2,1H3;1H. The molecule has 4 nitrogen and oxygen atoms in total. The van der Waals surface area contributed by atoms with Crippen LogP contribution in [-0.2, 0) is 10.0 Å². The Bertz CT molecular complexity index is 502. The Morgan fingerprint density at radius 3 is 2.61 bits per heavy atom. The highest BCUT2D eigenvalue weighted by atomic mass is 79.9. The molecule has 1 unspecified atom stereocenters. The number of halogens is 2. The smallest absolute Gasteiger partial charge is 0.253 e. The first-order valence-corrected chi connectivity index (χ1v) is 8.51. The van der Waals surface area contributed by atoms with Crippen LogP contribution in [0.5, 0.6) is 0 Å². The van der Waals surface area contributed by atoms with Crippen molar-refractivity contribution in [3.63, 3.8) is 0 Å². The van der Waals surface area contributed by atoms with Gasteiger partial charge in [0, 0.05) is 24.1 Å². The molecule has 1 aliphatic carbocycles. The van der Waals surface area contributed by atoms with Crippen LogP contribution in [0.2, 0.25) is 0 Å². The van der Waals surface area contributed by atoms with Crippen molar-refractivity contribution >= 4 is 49.7 Å². The van der Waals surface area contributed by atoms with Crippen LogP contribution in [0.1, 0.15) is 12.8 Å². The molecular formula is C10H16BrClN2O2S2. The molecule has 0 aromatic carbocycles. The number of hydrogen-bond acceptors (Lipinski definition) is 4. The van der Waals surface area contributed by atoms with Gasteiger partial charge in [0.25, 0.3) is 10.0 Å². The maximum atomic E-state index is 12.4. The summed E-state index contributed by atoms with van der Waals surface area (Å²) in [6, 6.07) is 1.67. The van der Waals surface area contributed by atoms with E-state index < -0.39 is 10.0 Å². The zero-order valence-corrected chi connectivity index (χ0v) is 13.9. The van der Waals surface area contributed by atoms with E-state index in [9.17, 15) is 8.42 Å². The van der Waals surface area contributed by atoms with Gasteiger partial charge in [0.1, 0.15) is 4.21 Å². The SMILES string of the molecule is CN(C(CN)C1CC1)S(=O)(=O)c1sccc1Br.Cl. The highest BCUT2D eigenvalue weighted by Crippen LogP contribution is 2.38. The van der Waals surface area contributed by atoms with Gasteiger partial charge >= 0.3 is 0 Å². The molecule has 1 atom stereocenters. The van der Waals surface area contributed by atoms with Gasteiger partial charge in [0.05, 0.1) is 0 Å². The molecule has 2 N–H and O–H groups in total. The number of rotatable bonds is 5. The molecule has 0 amide bonds. The third-order valence-corrected chi connectivity index (χ3v) is 7.60. The van der Waals surface area contributed by atoms with Crippen molar-refractivity contribution in [1.29, 1.82) is 0 Å². The van der Waals surface area contributed by atoms with Crippen molar-refractivity contribution in [1.82, 2.24) is 4.31 Å². The molecule has 8 heteroatoms. The van der Waals surface area contributed by atoms with Crippen molar-refractivity contribution in [2.24, 2.45) is 11.7 Å². The number of thiophene rings is 1. The molecule has 1 aromatic rings. The fraction of sp³-hybridized carbons (Fsp3) is 0.600.